The van der Waals surface area contributed by atoms with E-state index >= 15 is 0 Å². The van der Waals surface area contributed by atoms with E-state index < -0.39 is 0 Å². The highest BCUT2D eigenvalue weighted by atomic mass is 79.9. The molecule has 2 rings (SSSR count). The number of aromatic amines is 1. The molecule has 0 amide bonds. The zero-order chi connectivity index (χ0) is 11.7. The van der Waals surface area contributed by atoms with Crippen LogP contribution in [0.4, 0.5) is 0 Å². The third-order valence-corrected chi connectivity index (χ3v) is 2.82. The fraction of sp³-hybridized carbons (Fsp3) is 0.273. The highest BCUT2D eigenvalue weighted by Gasteiger charge is 2.10. The second-order valence-electron chi connectivity index (χ2n) is 3.44. The largest absolute Gasteiger partial charge is 0.446 e. The predicted octanol–water partition coefficient (Wildman–Crippen LogP) is 2.66. The Morgan fingerprint density at radius 2 is 2.25 bits per heavy atom. The monoisotopic (exact) mass is 282 g/mol. The van der Waals surface area contributed by atoms with Crippen molar-refractivity contribution in [1.82, 2.24) is 9.97 Å². The third-order valence-electron chi connectivity index (χ3n) is 2.39. The molecule has 16 heavy (non-hydrogen) atoms. The molecule has 1 N–H and O–H groups in total. The maximum absolute atomic E-state index is 11.7. The minimum Gasteiger partial charge on any atom is -0.446 e. The average molecular weight is 283 g/mol. The van der Waals surface area contributed by atoms with Crippen LogP contribution in [-0.4, -0.2) is 9.97 Å². The van der Waals surface area contributed by atoms with E-state index in [0.717, 1.165) is 12.1 Å². The van der Waals surface area contributed by atoms with Gasteiger partial charge in [0.2, 0.25) is 0 Å². The van der Waals surface area contributed by atoms with E-state index in [9.17, 15) is 4.79 Å². The van der Waals surface area contributed by atoms with Gasteiger partial charge in [-0.1, -0.05) is 6.92 Å². The van der Waals surface area contributed by atoms with Crippen molar-refractivity contribution in [2.75, 3.05) is 0 Å². The Hall–Kier alpha value is -1.36. The molecule has 0 saturated heterocycles. The summed E-state index contributed by atoms with van der Waals surface area (Å²) in [7, 11) is 0. The number of H-pyrrole nitrogens is 1. The summed E-state index contributed by atoms with van der Waals surface area (Å²) in [5.41, 5.74) is 1.34. The molecule has 2 aromatic heterocycles. The van der Waals surface area contributed by atoms with Gasteiger partial charge in [0.1, 0.15) is 0 Å². The number of furan rings is 1. The first-order valence-corrected chi connectivity index (χ1v) is 5.76. The standard InChI is InChI=1S/C11H11BrN2O2/c1-3-7-6(2)11(15)14-10(13-7)8-4-5-9(12)16-8/h4-5H,3H2,1-2H3,(H,13,14,15). The quantitative estimate of drug-likeness (QED) is 0.921. The van der Waals surface area contributed by atoms with Gasteiger partial charge in [-0.05, 0) is 41.4 Å². The van der Waals surface area contributed by atoms with Crippen molar-refractivity contribution < 1.29 is 4.42 Å². The van der Waals surface area contributed by atoms with Crippen LogP contribution in [0.5, 0.6) is 0 Å². The van der Waals surface area contributed by atoms with Gasteiger partial charge in [0.15, 0.2) is 16.3 Å². The van der Waals surface area contributed by atoms with E-state index in [-0.39, 0.29) is 5.56 Å². The number of rotatable bonds is 2. The molecule has 5 heteroatoms. The summed E-state index contributed by atoms with van der Waals surface area (Å²) in [6, 6.07) is 3.53. The third kappa shape index (κ3) is 1.95. The number of nitrogens with zero attached hydrogens (tertiary/aromatic N) is 1. The van der Waals surface area contributed by atoms with Crippen LogP contribution in [0.15, 0.2) is 26.0 Å². The van der Waals surface area contributed by atoms with Crippen LogP contribution in [0.2, 0.25) is 0 Å². The van der Waals surface area contributed by atoms with Gasteiger partial charge in [-0.3, -0.25) is 4.79 Å². The lowest BCUT2D eigenvalue weighted by Crippen LogP contribution is -2.15. The fourth-order valence-corrected chi connectivity index (χ4v) is 1.79. The topological polar surface area (TPSA) is 58.9 Å². The second kappa shape index (κ2) is 4.25. The maximum atomic E-state index is 11.7. The molecular formula is C11H11BrN2O2. The molecule has 0 fully saturated rings. The van der Waals surface area contributed by atoms with Gasteiger partial charge < -0.3 is 9.40 Å². The lowest BCUT2D eigenvalue weighted by molar-refractivity contribution is 0.550. The smallest absolute Gasteiger partial charge is 0.254 e. The van der Waals surface area contributed by atoms with Crippen molar-refractivity contribution >= 4 is 15.9 Å². The molecule has 0 unspecified atom stereocenters. The van der Waals surface area contributed by atoms with Crippen LogP contribution in [0.25, 0.3) is 11.6 Å². The van der Waals surface area contributed by atoms with Crippen LogP contribution >= 0.6 is 15.9 Å². The lowest BCUT2D eigenvalue weighted by Gasteiger charge is -2.03. The number of hydrogen-bond acceptors (Lipinski definition) is 3. The highest BCUT2D eigenvalue weighted by Crippen LogP contribution is 2.21. The highest BCUT2D eigenvalue weighted by molar-refractivity contribution is 9.10. The molecule has 84 valence electrons. The zero-order valence-electron chi connectivity index (χ0n) is 9.00. The Balaban J connectivity index is 2.59. The molecule has 0 bridgehead atoms. The molecular weight excluding hydrogens is 272 g/mol. The summed E-state index contributed by atoms with van der Waals surface area (Å²) in [5, 5.41) is 0. The predicted molar refractivity (Wildman–Crippen MR) is 64.4 cm³/mol. The van der Waals surface area contributed by atoms with Crippen LogP contribution in [0.3, 0.4) is 0 Å². The average Bonchev–Trinajstić information content (AvgIpc) is 2.69. The summed E-state index contributed by atoms with van der Waals surface area (Å²) >= 11 is 3.21. The van der Waals surface area contributed by atoms with E-state index in [1.807, 2.05) is 6.92 Å². The van der Waals surface area contributed by atoms with Gasteiger partial charge >= 0.3 is 0 Å². The van der Waals surface area contributed by atoms with Crippen molar-refractivity contribution in [3.63, 3.8) is 0 Å². The molecule has 0 radical (unpaired) electrons. The molecule has 0 saturated carbocycles. The number of halogens is 1. The van der Waals surface area contributed by atoms with Crippen molar-refractivity contribution in [2.24, 2.45) is 0 Å². The maximum Gasteiger partial charge on any atom is 0.254 e. The normalized spacial score (nSPS) is 10.7. The van der Waals surface area contributed by atoms with Crippen molar-refractivity contribution in [2.45, 2.75) is 20.3 Å². The van der Waals surface area contributed by atoms with Gasteiger partial charge in [0, 0.05) is 5.56 Å². The molecule has 0 aliphatic rings. The second-order valence-corrected chi connectivity index (χ2v) is 4.23. The van der Waals surface area contributed by atoms with Gasteiger partial charge in [-0.15, -0.1) is 0 Å². The van der Waals surface area contributed by atoms with E-state index in [4.69, 9.17) is 4.42 Å². The van der Waals surface area contributed by atoms with E-state index in [2.05, 4.69) is 25.9 Å². The van der Waals surface area contributed by atoms with Crippen LogP contribution in [-0.2, 0) is 6.42 Å². The minimum atomic E-state index is -0.116. The Kier molecular flexibility index (Phi) is 2.96. The summed E-state index contributed by atoms with van der Waals surface area (Å²) in [4.78, 5) is 18.7. The van der Waals surface area contributed by atoms with Gasteiger partial charge in [0.25, 0.3) is 5.56 Å². The van der Waals surface area contributed by atoms with Crippen molar-refractivity contribution in [3.05, 3.63) is 38.4 Å². The fourth-order valence-electron chi connectivity index (χ4n) is 1.48. The summed E-state index contributed by atoms with van der Waals surface area (Å²) in [6.45, 7) is 3.74. The summed E-state index contributed by atoms with van der Waals surface area (Å²) in [6.07, 6.45) is 0.727. The van der Waals surface area contributed by atoms with Crippen LogP contribution < -0.4 is 5.56 Å². The zero-order valence-corrected chi connectivity index (χ0v) is 10.6. The molecule has 2 aromatic rings. The number of aromatic nitrogens is 2. The van der Waals surface area contributed by atoms with Gasteiger partial charge in [-0.25, -0.2) is 4.98 Å². The molecule has 0 aromatic carbocycles. The van der Waals surface area contributed by atoms with Crippen molar-refractivity contribution in [1.29, 1.82) is 0 Å². The van der Waals surface area contributed by atoms with E-state index in [1.54, 1.807) is 19.1 Å². The first-order valence-electron chi connectivity index (χ1n) is 4.97. The molecule has 0 spiro atoms. The Morgan fingerprint density at radius 1 is 1.50 bits per heavy atom. The first-order chi connectivity index (χ1) is 7.61. The Morgan fingerprint density at radius 3 is 2.81 bits per heavy atom. The van der Waals surface area contributed by atoms with E-state index in [0.29, 0.717) is 21.8 Å². The molecule has 0 aliphatic heterocycles. The lowest BCUT2D eigenvalue weighted by atomic mass is 10.2. The molecule has 0 atom stereocenters. The molecule has 4 nitrogen and oxygen atoms in total. The van der Waals surface area contributed by atoms with Crippen LogP contribution in [0.1, 0.15) is 18.2 Å². The minimum absolute atomic E-state index is 0.116. The SMILES string of the molecule is CCc1nc(-c2ccc(Br)o2)[nH]c(=O)c1C. The summed E-state index contributed by atoms with van der Waals surface area (Å²) in [5.74, 6) is 1.02. The van der Waals surface area contributed by atoms with Crippen LogP contribution in [0, 0.1) is 6.92 Å². The van der Waals surface area contributed by atoms with Gasteiger partial charge in [-0.2, -0.15) is 0 Å². The van der Waals surface area contributed by atoms with E-state index in [1.165, 1.54) is 0 Å². The molecule has 2 heterocycles. The first kappa shape index (κ1) is 11.1. The van der Waals surface area contributed by atoms with Crippen molar-refractivity contribution in [3.8, 4) is 11.6 Å². The number of aryl methyl sites for hydroxylation is 1. The molecule has 0 aliphatic carbocycles. The number of nitrogens with one attached hydrogen (secondary N) is 1. The Labute approximate surface area is 101 Å². The number of hydrogen-bond donors (Lipinski definition) is 1. The van der Waals surface area contributed by atoms with Gasteiger partial charge in [0.05, 0.1) is 5.69 Å². The summed E-state index contributed by atoms with van der Waals surface area (Å²) < 4.78 is 5.96. The Bertz CT molecular complexity index is 572.